The number of nitrogens with zero attached hydrogens (tertiary/aromatic N) is 2. The molecule has 0 amide bonds. The summed E-state index contributed by atoms with van der Waals surface area (Å²) in [5.41, 5.74) is -2.10. The molecule has 1 aromatic carbocycles. The van der Waals surface area contributed by atoms with E-state index >= 15 is 0 Å². The molecule has 0 bridgehead atoms. The molecule has 0 saturated carbocycles. The number of rotatable bonds is 4. The van der Waals surface area contributed by atoms with Gasteiger partial charge in [0.05, 0.1) is 16.2 Å². The molecule has 2 N–H and O–H groups in total. The summed E-state index contributed by atoms with van der Waals surface area (Å²) in [5, 5.41) is 25.3. The summed E-state index contributed by atoms with van der Waals surface area (Å²) in [4.78, 5) is 9.87. The SMILES string of the molecule is O=[N+]([O-])c1ccc(O)c(-c2cc(C(F)(F)C(F)F)[nH]n2)c1. The summed E-state index contributed by atoms with van der Waals surface area (Å²) in [6.45, 7) is 0. The number of nitro benzene ring substituents is 1. The van der Waals surface area contributed by atoms with E-state index in [1.165, 1.54) is 0 Å². The predicted molar refractivity (Wildman–Crippen MR) is 62.2 cm³/mol. The molecule has 0 aliphatic heterocycles. The summed E-state index contributed by atoms with van der Waals surface area (Å²) in [5.74, 6) is -4.90. The van der Waals surface area contributed by atoms with Crippen LogP contribution in [0.25, 0.3) is 11.3 Å². The van der Waals surface area contributed by atoms with Crippen LogP contribution in [0.1, 0.15) is 5.69 Å². The van der Waals surface area contributed by atoms with Crippen molar-refractivity contribution in [2.75, 3.05) is 0 Å². The summed E-state index contributed by atoms with van der Waals surface area (Å²) >= 11 is 0. The zero-order valence-electron chi connectivity index (χ0n) is 10.1. The average Bonchev–Trinajstić information content (AvgIpc) is 2.88. The van der Waals surface area contributed by atoms with Crippen LogP contribution in [0.3, 0.4) is 0 Å². The van der Waals surface area contributed by atoms with E-state index in [0.717, 1.165) is 18.2 Å². The van der Waals surface area contributed by atoms with E-state index in [0.29, 0.717) is 6.07 Å². The number of non-ortho nitro benzene ring substituents is 1. The van der Waals surface area contributed by atoms with Crippen LogP contribution in [0, 0.1) is 10.1 Å². The first-order valence-corrected chi connectivity index (χ1v) is 5.43. The summed E-state index contributed by atoms with van der Waals surface area (Å²) in [7, 11) is 0. The molecule has 10 heteroatoms. The second-order valence-corrected chi connectivity index (χ2v) is 4.05. The molecule has 0 radical (unpaired) electrons. The maximum atomic E-state index is 13.1. The molecule has 6 nitrogen and oxygen atoms in total. The fourth-order valence-electron chi connectivity index (χ4n) is 1.59. The van der Waals surface area contributed by atoms with E-state index in [1.54, 1.807) is 5.10 Å². The van der Waals surface area contributed by atoms with Crippen LogP contribution in [0.15, 0.2) is 24.3 Å². The Morgan fingerprint density at radius 3 is 2.57 bits per heavy atom. The highest BCUT2D eigenvalue weighted by atomic mass is 19.3. The first-order chi connectivity index (χ1) is 9.73. The van der Waals surface area contributed by atoms with Gasteiger partial charge in [-0.05, 0) is 12.1 Å². The summed E-state index contributed by atoms with van der Waals surface area (Å²) in [6.07, 6.45) is -3.94. The molecule has 1 heterocycles. The number of H-pyrrole nitrogens is 1. The van der Waals surface area contributed by atoms with Gasteiger partial charge in [-0.3, -0.25) is 15.2 Å². The van der Waals surface area contributed by atoms with E-state index in [9.17, 15) is 32.8 Å². The lowest BCUT2D eigenvalue weighted by atomic mass is 10.1. The van der Waals surface area contributed by atoms with Crippen LogP contribution in [-0.2, 0) is 5.92 Å². The van der Waals surface area contributed by atoms with Gasteiger partial charge in [-0.25, -0.2) is 8.78 Å². The minimum Gasteiger partial charge on any atom is -0.507 e. The molecule has 0 fully saturated rings. The summed E-state index contributed by atoms with van der Waals surface area (Å²) < 4.78 is 50.7. The van der Waals surface area contributed by atoms with Gasteiger partial charge < -0.3 is 5.11 Å². The minimum atomic E-state index is -4.44. The molecule has 0 atom stereocenters. The van der Waals surface area contributed by atoms with Crippen LogP contribution in [0.4, 0.5) is 23.2 Å². The molecule has 0 aliphatic rings. The van der Waals surface area contributed by atoms with Crippen LogP contribution in [0.5, 0.6) is 5.75 Å². The van der Waals surface area contributed by atoms with Crippen molar-refractivity contribution in [1.82, 2.24) is 10.2 Å². The number of hydrogen-bond donors (Lipinski definition) is 2. The van der Waals surface area contributed by atoms with Crippen molar-refractivity contribution in [3.63, 3.8) is 0 Å². The number of benzene rings is 1. The van der Waals surface area contributed by atoms with Crippen molar-refractivity contribution >= 4 is 5.69 Å². The number of aromatic nitrogens is 2. The largest absolute Gasteiger partial charge is 0.507 e. The Bertz CT molecular complexity index is 687. The molecule has 0 saturated heterocycles. The van der Waals surface area contributed by atoms with Gasteiger partial charge in [-0.15, -0.1) is 0 Å². The molecular weight excluding hydrogens is 298 g/mol. The quantitative estimate of drug-likeness (QED) is 0.516. The van der Waals surface area contributed by atoms with E-state index in [1.807, 2.05) is 0 Å². The monoisotopic (exact) mass is 305 g/mol. The van der Waals surface area contributed by atoms with E-state index in [4.69, 9.17) is 0 Å². The van der Waals surface area contributed by atoms with Crippen LogP contribution in [0.2, 0.25) is 0 Å². The number of nitro groups is 1. The number of phenolic OH excluding ortho intramolecular Hbond substituents is 1. The number of aromatic amines is 1. The number of alkyl halides is 4. The lowest BCUT2D eigenvalue weighted by molar-refractivity contribution is -0.384. The van der Waals surface area contributed by atoms with Gasteiger partial charge in [-0.2, -0.15) is 13.9 Å². The molecule has 0 unspecified atom stereocenters. The fourth-order valence-corrected chi connectivity index (χ4v) is 1.59. The maximum absolute atomic E-state index is 13.1. The number of halogens is 4. The molecule has 0 spiro atoms. The Morgan fingerprint density at radius 1 is 1.33 bits per heavy atom. The second kappa shape index (κ2) is 5.04. The zero-order valence-corrected chi connectivity index (χ0v) is 10.1. The van der Waals surface area contributed by atoms with Gasteiger partial charge in [0.2, 0.25) is 0 Å². The second-order valence-electron chi connectivity index (χ2n) is 4.05. The van der Waals surface area contributed by atoms with Crippen molar-refractivity contribution in [2.24, 2.45) is 0 Å². The average molecular weight is 305 g/mol. The third-order valence-corrected chi connectivity index (χ3v) is 2.68. The first-order valence-electron chi connectivity index (χ1n) is 5.43. The molecule has 0 aliphatic carbocycles. The maximum Gasteiger partial charge on any atom is 0.348 e. The lowest BCUT2D eigenvalue weighted by Crippen LogP contribution is -2.23. The number of phenols is 1. The Labute approximate surface area is 114 Å². The van der Waals surface area contributed by atoms with Crippen molar-refractivity contribution in [1.29, 1.82) is 0 Å². The van der Waals surface area contributed by atoms with Gasteiger partial charge in [0.25, 0.3) is 5.69 Å². The molecule has 2 aromatic rings. The lowest BCUT2D eigenvalue weighted by Gasteiger charge is -2.11. The molecular formula is C11H7F4N3O3. The Kier molecular flexibility index (Phi) is 3.54. The molecule has 21 heavy (non-hydrogen) atoms. The Hall–Kier alpha value is -2.65. The summed E-state index contributed by atoms with van der Waals surface area (Å²) in [6, 6.07) is 3.48. The first kappa shape index (κ1) is 14.8. The predicted octanol–water partition coefficient (Wildman–Crippen LogP) is 3.05. The van der Waals surface area contributed by atoms with Gasteiger partial charge in [0.1, 0.15) is 11.4 Å². The van der Waals surface area contributed by atoms with Crippen LogP contribution >= 0.6 is 0 Å². The van der Waals surface area contributed by atoms with Crippen LogP contribution in [-0.4, -0.2) is 26.7 Å². The molecule has 2 rings (SSSR count). The third kappa shape index (κ3) is 2.64. The van der Waals surface area contributed by atoms with E-state index in [2.05, 4.69) is 5.10 Å². The Morgan fingerprint density at radius 2 is 2.00 bits per heavy atom. The normalized spacial score (nSPS) is 11.9. The highest BCUT2D eigenvalue weighted by molar-refractivity contribution is 5.69. The molecule has 112 valence electrons. The highest BCUT2D eigenvalue weighted by Gasteiger charge is 2.44. The molecule has 1 aromatic heterocycles. The van der Waals surface area contributed by atoms with Crippen LogP contribution < -0.4 is 0 Å². The Balaban J connectivity index is 2.47. The highest BCUT2D eigenvalue weighted by Crippen LogP contribution is 2.37. The topological polar surface area (TPSA) is 92.0 Å². The number of aromatic hydroxyl groups is 1. The van der Waals surface area contributed by atoms with E-state index in [-0.39, 0.29) is 11.3 Å². The zero-order chi connectivity index (χ0) is 15.8. The number of hydrogen-bond acceptors (Lipinski definition) is 4. The third-order valence-electron chi connectivity index (χ3n) is 2.68. The fraction of sp³-hybridized carbons (Fsp3) is 0.182. The van der Waals surface area contributed by atoms with Gasteiger partial charge in [0.15, 0.2) is 0 Å². The minimum absolute atomic E-state index is 0.225. The smallest absolute Gasteiger partial charge is 0.348 e. The standard InChI is InChI=1S/C11H7F4N3O3/c12-10(13)11(14,15)9-4-7(16-17-9)6-3-5(18(20)21)1-2-8(6)19/h1-4,10,19H,(H,16,17). The van der Waals surface area contributed by atoms with Gasteiger partial charge in [0, 0.05) is 12.1 Å². The van der Waals surface area contributed by atoms with Gasteiger partial charge in [-0.1, -0.05) is 0 Å². The van der Waals surface area contributed by atoms with E-state index < -0.39 is 34.4 Å². The van der Waals surface area contributed by atoms with Crippen molar-refractivity contribution in [3.8, 4) is 17.0 Å². The van der Waals surface area contributed by atoms with Crippen molar-refractivity contribution < 1.29 is 27.6 Å². The van der Waals surface area contributed by atoms with Crippen molar-refractivity contribution in [3.05, 3.63) is 40.1 Å². The number of nitrogens with one attached hydrogen (secondary N) is 1. The van der Waals surface area contributed by atoms with Gasteiger partial charge >= 0.3 is 12.3 Å². The van der Waals surface area contributed by atoms with Crippen molar-refractivity contribution in [2.45, 2.75) is 12.3 Å².